The summed E-state index contributed by atoms with van der Waals surface area (Å²) in [5, 5.41) is 12.4. The average molecular weight is 248 g/mol. The van der Waals surface area contributed by atoms with Gasteiger partial charge in [0.15, 0.2) is 0 Å². The van der Waals surface area contributed by atoms with Crippen LogP contribution in [0.2, 0.25) is 0 Å². The van der Waals surface area contributed by atoms with Gasteiger partial charge in [-0.15, -0.1) is 0 Å². The minimum absolute atomic E-state index is 0.0577. The summed E-state index contributed by atoms with van der Waals surface area (Å²) in [6.07, 6.45) is 5.13. The van der Waals surface area contributed by atoms with Crippen molar-refractivity contribution >= 4 is 5.97 Å². The molecule has 2 rings (SSSR count). The van der Waals surface area contributed by atoms with Gasteiger partial charge in [-0.3, -0.25) is 9.78 Å². The first kappa shape index (κ1) is 12.2. The molecule has 0 aliphatic carbocycles. The maximum atomic E-state index is 10.5. The molecule has 2 aromatic rings. The summed E-state index contributed by atoms with van der Waals surface area (Å²) in [6, 6.07) is 0. The van der Waals surface area contributed by atoms with Crippen molar-refractivity contribution in [2.45, 2.75) is 19.8 Å². The average Bonchev–Trinajstić information content (AvgIpc) is 2.77. The minimum Gasteiger partial charge on any atom is -0.481 e. The zero-order chi connectivity index (χ0) is 13.0. The van der Waals surface area contributed by atoms with Crippen LogP contribution in [0.5, 0.6) is 0 Å². The van der Waals surface area contributed by atoms with Crippen molar-refractivity contribution in [1.82, 2.24) is 20.1 Å². The molecule has 7 nitrogen and oxygen atoms in total. The van der Waals surface area contributed by atoms with Crippen LogP contribution < -0.4 is 0 Å². The Morgan fingerprint density at radius 2 is 2.33 bits per heavy atom. The van der Waals surface area contributed by atoms with Crippen LogP contribution in [0.3, 0.4) is 0 Å². The maximum Gasteiger partial charge on any atom is 0.303 e. The van der Waals surface area contributed by atoms with Gasteiger partial charge in [0.2, 0.25) is 11.7 Å². The third-order valence-electron chi connectivity index (χ3n) is 2.31. The molecule has 0 bridgehead atoms. The van der Waals surface area contributed by atoms with E-state index in [-0.39, 0.29) is 12.3 Å². The first-order valence-electron chi connectivity index (χ1n) is 5.46. The Labute approximate surface area is 103 Å². The summed E-state index contributed by atoms with van der Waals surface area (Å²) in [4.78, 5) is 22.7. The van der Waals surface area contributed by atoms with Gasteiger partial charge in [-0.2, -0.15) is 4.98 Å². The second kappa shape index (κ2) is 5.35. The number of hydrogen-bond donors (Lipinski definition) is 1. The van der Waals surface area contributed by atoms with Gasteiger partial charge in [0.1, 0.15) is 5.69 Å². The van der Waals surface area contributed by atoms with Crippen molar-refractivity contribution in [2.24, 2.45) is 5.92 Å². The number of carbonyl (C=O) groups is 1. The molecule has 1 atom stereocenters. The molecule has 2 heterocycles. The van der Waals surface area contributed by atoms with Gasteiger partial charge in [0.25, 0.3) is 0 Å². The quantitative estimate of drug-likeness (QED) is 0.847. The van der Waals surface area contributed by atoms with Crippen LogP contribution in [0.25, 0.3) is 11.5 Å². The molecule has 1 unspecified atom stereocenters. The second-order valence-electron chi connectivity index (χ2n) is 4.01. The van der Waals surface area contributed by atoms with Crippen LogP contribution in [0.1, 0.15) is 19.2 Å². The third kappa shape index (κ3) is 3.09. The lowest BCUT2D eigenvalue weighted by molar-refractivity contribution is -0.137. The molecule has 18 heavy (non-hydrogen) atoms. The maximum absolute atomic E-state index is 10.5. The second-order valence-corrected chi connectivity index (χ2v) is 4.01. The Morgan fingerprint density at radius 3 is 3.00 bits per heavy atom. The summed E-state index contributed by atoms with van der Waals surface area (Å²) in [7, 11) is 0. The van der Waals surface area contributed by atoms with Crippen molar-refractivity contribution in [2.75, 3.05) is 0 Å². The monoisotopic (exact) mass is 248 g/mol. The van der Waals surface area contributed by atoms with Crippen molar-refractivity contribution in [3.8, 4) is 11.5 Å². The highest BCUT2D eigenvalue weighted by atomic mass is 16.5. The SMILES string of the molecule is CC(CC(=O)O)Cc1nc(-c2cnccn2)no1. The molecular formula is C11H12N4O3. The molecule has 94 valence electrons. The zero-order valence-corrected chi connectivity index (χ0v) is 9.78. The molecule has 0 radical (unpaired) electrons. The van der Waals surface area contributed by atoms with E-state index < -0.39 is 5.97 Å². The van der Waals surface area contributed by atoms with E-state index in [1.165, 1.54) is 6.20 Å². The number of carboxylic acid groups (broad SMARTS) is 1. The van der Waals surface area contributed by atoms with Gasteiger partial charge in [0, 0.05) is 25.2 Å². The van der Waals surface area contributed by atoms with E-state index in [9.17, 15) is 4.79 Å². The summed E-state index contributed by atoms with van der Waals surface area (Å²) in [5.41, 5.74) is 0.526. The normalized spacial score (nSPS) is 12.3. The van der Waals surface area contributed by atoms with Crippen molar-refractivity contribution in [1.29, 1.82) is 0 Å². The number of hydrogen-bond acceptors (Lipinski definition) is 6. The Morgan fingerprint density at radius 1 is 1.50 bits per heavy atom. The summed E-state index contributed by atoms with van der Waals surface area (Å²) in [6.45, 7) is 1.82. The molecule has 2 aromatic heterocycles. The van der Waals surface area contributed by atoms with Crippen LogP contribution in [0.4, 0.5) is 0 Å². The first-order valence-corrected chi connectivity index (χ1v) is 5.46. The predicted molar refractivity (Wildman–Crippen MR) is 60.4 cm³/mol. The van der Waals surface area contributed by atoms with E-state index >= 15 is 0 Å². The molecular weight excluding hydrogens is 236 g/mol. The van der Waals surface area contributed by atoms with E-state index in [1.54, 1.807) is 12.4 Å². The molecule has 0 aliphatic heterocycles. The van der Waals surface area contributed by atoms with Gasteiger partial charge in [-0.05, 0) is 5.92 Å². The number of aromatic nitrogens is 4. The Bertz CT molecular complexity index is 526. The number of carboxylic acids is 1. The molecule has 0 aliphatic rings. The summed E-state index contributed by atoms with van der Waals surface area (Å²) < 4.78 is 5.05. The van der Waals surface area contributed by atoms with E-state index in [4.69, 9.17) is 9.63 Å². The topological polar surface area (TPSA) is 102 Å². The van der Waals surface area contributed by atoms with E-state index in [1.807, 2.05) is 6.92 Å². The summed E-state index contributed by atoms with van der Waals surface area (Å²) in [5.74, 6) is -0.126. The fraction of sp³-hybridized carbons (Fsp3) is 0.364. The van der Waals surface area contributed by atoms with Crippen LogP contribution in [-0.4, -0.2) is 31.2 Å². The van der Waals surface area contributed by atoms with Crippen LogP contribution in [0, 0.1) is 5.92 Å². The zero-order valence-electron chi connectivity index (χ0n) is 9.78. The van der Waals surface area contributed by atoms with Gasteiger partial charge < -0.3 is 9.63 Å². The van der Waals surface area contributed by atoms with Crippen molar-refractivity contribution in [3.05, 3.63) is 24.5 Å². The highest BCUT2D eigenvalue weighted by Gasteiger charge is 2.14. The smallest absolute Gasteiger partial charge is 0.303 e. The Kier molecular flexibility index (Phi) is 3.61. The molecule has 0 amide bonds. The van der Waals surface area contributed by atoms with Gasteiger partial charge in [-0.1, -0.05) is 12.1 Å². The highest BCUT2D eigenvalue weighted by molar-refractivity contribution is 5.66. The van der Waals surface area contributed by atoms with E-state index in [0.717, 1.165) is 0 Å². The van der Waals surface area contributed by atoms with Crippen LogP contribution >= 0.6 is 0 Å². The van der Waals surface area contributed by atoms with Crippen molar-refractivity contribution in [3.63, 3.8) is 0 Å². The molecule has 0 saturated heterocycles. The number of nitrogens with zero attached hydrogens (tertiary/aromatic N) is 4. The summed E-state index contributed by atoms with van der Waals surface area (Å²) >= 11 is 0. The van der Waals surface area contributed by atoms with Gasteiger partial charge >= 0.3 is 5.97 Å². The first-order chi connectivity index (χ1) is 8.65. The lowest BCUT2D eigenvalue weighted by atomic mass is 10.0. The van der Waals surface area contributed by atoms with Gasteiger partial charge in [-0.25, -0.2) is 4.98 Å². The van der Waals surface area contributed by atoms with Crippen LogP contribution in [-0.2, 0) is 11.2 Å². The van der Waals surface area contributed by atoms with Crippen molar-refractivity contribution < 1.29 is 14.4 Å². The standard InChI is InChI=1S/C11H12N4O3/c1-7(5-10(16)17)4-9-14-11(15-18-9)8-6-12-2-3-13-8/h2-3,6-7H,4-5H2,1H3,(H,16,17). The fourth-order valence-electron chi connectivity index (χ4n) is 1.52. The minimum atomic E-state index is -0.837. The molecule has 0 spiro atoms. The lowest BCUT2D eigenvalue weighted by Crippen LogP contribution is -2.07. The molecule has 7 heteroatoms. The predicted octanol–water partition coefficient (Wildman–Crippen LogP) is 1.18. The molecule has 0 fully saturated rings. The third-order valence-corrected chi connectivity index (χ3v) is 2.31. The lowest BCUT2D eigenvalue weighted by Gasteiger charge is -2.03. The molecule has 1 N–H and O–H groups in total. The van der Waals surface area contributed by atoms with Gasteiger partial charge in [0.05, 0.1) is 6.20 Å². The largest absolute Gasteiger partial charge is 0.481 e. The number of aliphatic carboxylic acids is 1. The Hall–Kier alpha value is -2.31. The Balaban J connectivity index is 2.05. The fourth-order valence-corrected chi connectivity index (χ4v) is 1.52. The highest BCUT2D eigenvalue weighted by Crippen LogP contribution is 2.14. The van der Waals surface area contributed by atoms with E-state index in [0.29, 0.717) is 23.8 Å². The molecule has 0 saturated carbocycles. The van der Waals surface area contributed by atoms with Crippen LogP contribution in [0.15, 0.2) is 23.1 Å². The molecule has 0 aromatic carbocycles. The van der Waals surface area contributed by atoms with E-state index in [2.05, 4.69) is 20.1 Å². The number of rotatable bonds is 5.